The molecular formula is C6H2BrN2O4. The van der Waals surface area contributed by atoms with E-state index in [4.69, 9.17) is 0 Å². The highest BCUT2D eigenvalue weighted by Crippen LogP contribution is 2.27. The molecule has 0 N–H and O–H groups in total. The van der Waals surface area contributed by atoms with Gasteiger partial charge in [-0.15, -0.1) is 0 Å². The monoisotopic (exact) mass is 245 g/mol. The van der Waals surface area contributed by atoms with Gasteiger partial charge in [0.15, 0.2) is 6.07 Å². The molecular weight excluding hydrogens is 244 g/mol. The van der Waals surface area contributed by atoms with Crippen LogP contribution >= 0.6 is 15.9 Å². The number of nitro benzene ring substituents is 2. The predicted molar refractivity (Wildman–Crippen MR) is 46.3 cm³/mol. The van der Waals surface area contributed by atoms with E-state index in [-0.39, 0.29) is 4.47 Å². The van der Waals surface area contributed by atoms with E-state index in [1.165, 1.54) is 6.07 Å². The lowest BCUT2D eigenvalue weighted by atomic mass is 10.3. The molecule has 0 amide bonds. The summed E-state index contributed by atoms with van der Waals surface area (Å²) in [6.07, 6.45) is 0. The van der Waals surface area contributed by atoms with Crippen molar-refractivity contribution in [2.24, 2.45) is 0 Å². The lowest BCUT2D eigenvalue weighted by molar-refractivity contribution is -0.395. The van der Waals surface area contributed by atoms with Gasteiger partial charge in [-0.2, -0.15) is 0 Å². The van der Waals surface area contributed by atoms with Crippen LogP contribution in [0.15, 0.2) is 16.6 Å². The fourth-order valence-electron chi connectivity index (χ4n) is 0.693. The van der Waals surface area contributed by atoms with Crippen molar-refractivity contribution >= 4 is 27.3 Å². The van der Waals surface area contributed by atoms with Gasteiger partial charge in [-0.05, 0) is 22.0 Å². The zero-order valence-electron chi connectivity index (χ0n) is 6.06. The second-order valence-electron chi connectivity index (χ2n) is 2.05. The summed E-state index contributed by atoms with van der Waals surface area (Å²) < 4.78 is 0.170. The van der Waals surface area contributed by atoms with Crippen LogP contribution in [-0.2, 0) is 0 Å². The number of nitro groups is 2. The molecule has 0 unspecified atom stereocenters. The number of hydrogen-bond donors (Lipinski definition) is 0. The summed E-state index contributed by atoms with van der Waals surface area (Å²) in [6.45, 7) is 0. The summed E-state index contributed by atoms with van der Waals surface area (Å²) in [5.74, 6) is 0. The van der Waals surface area contributed by atoms with Crippen LogP contribution in [0.1, 0.15) is 0 Å². The molecule has 0 aliphatic rings. The quantitative estimate of drug-likeness (QED) is 0.590. The third-order valence-corrected chi connectivity index (χ3v) is 1.88. The van der Waals surface area contributed by atoms with Crippen molar-refractivity contribution in [3.63, 3.8) is 0 Å². The van der Waals surface area contributed by atoms with Gasteiger partial charge >= 0.3 is 0 Å². The van der Waals surface area contributed by atoms with Gasteiger partial charge in [0.05, 0.1) is 14.3 Å². The standard InChI is InChI=1S/C6H2BrN2O4/c7-5-2-1-4(8(10)11)3-6(5)9(12)13/h1-2H. The van der Waals surface area contributed by atoms with Crippen LogP contribution < -0.4 is 0 Å². The molecule has 0 atom stereocenters. The Morgan fingerprint density at radius 3 is 2.31 bits per heavy atom. The fourth-order valence-corrected chi connectivity index (χ4v) is 1.07. The number of nitrogens with zero attached hydrogens (tertiary/aromatic N) is 2. The van der Waals surface area contributed by atoms with Crippen molar-refractivity contribution in [2.45, 2.75) is 0 Å². The molecule has 0 bridgehead atoms. The topological polar surface area (TPSA) is 86.3 Å². The van der Waals surface area contributed by atoms with E-state index in [2.05, 4.69) is 22.0 Å². The van der Waals surface area contributed by atoms with Crippen molar-refractivity contribution < 1.29 is 9.85 Å². The maximum Gasteiger partial charge on any atom is 0.298 e. The summed E-state index contributed by atoms with van der Waals surface area (Å²) in [4.78, 5) is 19.1. The normalized spacial score (nSPS) is 9.62. The van der Waals surface area contributed by atoms with Crippen LogP contribution in [0.3, 0.4) is 0 Å². The Hall–Kier alpha value is -1.50. The van der Waals surface area contributed by atoms with E-state index < -0.39 is 21.2 Å². The van der Waals surface area contributed by atoms with Gasteiger partial charge in [0.1, 0.15) is 0 Å². The van der Waals surface area contributed by atoms with Gasteiger partial charge in [0.25, 0.3) is 11.4 Å². The zero-order chi connectivity index (χ0) is 10.0. The fraction of sp³-hybridized carbons (Fsp3) is 0. The maximum atomic E-state index is 10.3. The molecule has 0 aliphatic heterocycles. The molecule has 6 nitrogen and oxygen atoms in total. The molecule has 0 spiro atoms. The molecule has 13 heavy (non-hydrogen) atoms. The Kier molecular flexibility index (Phi) is 2.57. The van der Waals surface area contributed by atoms with Gasteiger partial charge in [-0.25, -0.2) is 0 Å². The first-order valence-corrected chi connectivity index (χ1v) is 3.82. The Morgan fingerprint density at radius 1 is 1.23 bits per heavy atom. The first-order chi connectivity index (χ1) is 6.02. The summed E-state index contributed by atoms with van der Waals surface area (Å²) in [6, 6.07) is 4.45. The third kappa shape index (κ3) is 2.00. The molecule has 0 aromatic heterocycles. The van der Waals surface area contributed by atoms with Crippen molar-refractivity contribution in [1.29, 1.82) is 0 Å². The molecule has 1 rings (SSSR count). The second kappa shape index (κ2) is 3.48. The van der Waals surface area contributed by atoms with Gasteiger partial charge < -0.3 is 0 Å². The Labute approximate surface area is 80.6 Å². The lowest BCUT2D eigenvalue weighted by Crippen LogP contribution is -1.93. The summed E-state index contributed by atoms with van der Waals surface area (Å²) >= 11 is 2.88. The number of non-ortho nitro benzene ring substituents is 1. The molecule has 7 heteroatoms. The van der Waals surface area contributed by atoms with Crippen molar-refractivity contribution in [3.05, 3.63) is 42.9 Å². The zero-order valence-corrected chi connectivity index (χ0v) is 7.65. The van der Waals surface area contributed by atoms with Crippen molar-refractivity contribution in [1.82, 2.24) is 0 Å². The number of hydrogen-bond acceptors (Lipinski definition) is 4. The first kappa shape index (κ1) is 9.59. The largest absolute Gasteiger partial charge is 0.298 e. The van der Waals surface area contributed by atoms with E-state index in [1.807, 2.05) is 0 Å². The first-order valence-electron chi connectivity index (χ1n) is 3.03. The molecule has 67 valence electrons. The molecule has 1 radical (unpaired) electrons. The molecule has 0 aliphatic carbocycles. The van der Waals surface area contributed by atoms with Crippen LogP contribution in [0.25, 0.3) is 0 Å². The Balaban J connectivity index is 3.27. The van der Waals surface area contributed by atoms with E-state index in [9.17, 15) is 20.2 Å². The predicted octanol–water partition coefficient (Wildman–Crippen LogP) is 2.07. The molecule has 1 aromatic rings. The molecule has 0 saturated carbocycles. The van der Waals surface area contributed by atoms with E-state index in [1.54, 1.807) is 0 Å². The SMILES string of the molecule is O=[N+]([O-])c1[c]c([N+](=O)[O-])c(Br)cc1. The average molecular weight is 246 g/mol. The highest BCUT2D eigenvalue weighted by Gasteiger charge is 2.18. The van der Waals surface area contributed by atoms with Gasteiger partial charge in [0, 0.05) is 6.07 Å². The maximum absolute atomic E-state index is 10.3. The highest BCUT2D eigenvalue weighted by atomic mass is 79.9. The average Bonchev–Trinajstić information content (AvgIpc) is 2.04. The second-order valence-corrected chi connectivity index (χ2v) is 2.91. The smallest absolute Gasteiger partial charge is 0.258 e. The van der Waals surface area contributed by atoms with E-state index in [0.29, 0.717) is 0 Å². The Bertz CT molecular complexity index is 379. The summed E-state index contributed by atoms with van der Waals surface area (Å²) in [5.41, 5.74) is -0.857. The van der Waals surface area contributed by atoms with Crippen molar-refractivity contribution in [3.8, 4) is 0 Å². The minimum atomic E-state index is -0.739. The molecule has 0 fully saturated rings. The minimum Gasteiger partial charge on any atom is -0.258 e. The number of benzene rings is 1. The van der Waals surface area contributed by atoms with Gasteiger partial charge in [-0.3, -0.25) is 20.2 Å². The van der Waals surface area contributed by atoms with Gasteiger partial charge in [0.2, 0.25) is 0 Å². The minimum absolute atomic E-state index is 0.170. The van der Waals surface area contributed by atoms with Crippen LogP contribution in [0.5, 0.6) is 0 Å². The van der Waals surface area contributed by atoms with Crippen LogP contribution in [0, 0.1) is 26.3 Å². The third-order valence-electron chi connectivity index (χ3n) is 1.24. The van der Waals surface area contributed by atoms with Crippen LogP contribution in [0.2, 0.25) is 0 Å². The summed E-state index contributed by atoms with van der Waals surface area (Å²) in [5, 5.41) is 20.5. The van der Waals surface area contributed by atoms with E-state index >= 15 is 0 Å². The van der Waals surface area contributed by atoms with Gasteiger partial charge in [-0.1, -0.05) is 0 Å². The van der Waals surface area contributed by atoms with Crippen LogP contribution in [-0.4, -0.2) is 9.85 Å². The van der Waals surface area contributed by atoms with Crippen molar-refractivity contribution in [2.75, 3.05) is 0 Å². The van der Waals surface area contributed by atoms with Crippen LogP contribution in [0.4, 0.5) is 11.4 Å². The summed E-state index contributed by atoms with van der Waals surface area (Å²) in [7, 11) is 0. The molecule has 0 heterocycles. The number of halogens is 1. The molecule has 1 aromatic carbocycles. The van der Waals surface area contributed by atoms with E-state index in [0.717, 1.165) is 6.07 Å². The number of rotatable bonds is 2. The Morgan fingerprint density at radius 2 is 1.85 bits per heavy atom. The lowest BCUT2D eigenvalue weighted by Gasteiger charge is -1.93. The highest BCUT2D eigenvalue weighted by molar-refractivity contribution is 9.10. The molecule has 0 saturated heterocycles.